The molecule has 1 aromatic carbocycles. The summed E-state index contributed by atoms with van der Waals surface area (Å²) in [5.41, 5.74) is -0.245. The summed E-state index contributed by atoms with van der Waals surface area (Å²) >= 11 is 0. The van der Waals surface area contributed by atoms with Gasteiger partial charge in [0.15, 0.2) is 0 Å². The molecule has 0 saturated heterocycles. The van der Waals surface area contributed by atoms with E-state index in [4.69, 9.17) is 0 Å². The normalized spacial score (nSPS) is 15.3. The Bertz CT molecular complexity index is 735. The predicted octanol–water partition coefficient (Wildman–Crippen LogP) is 4.43. The molecule has 0 heterocycles. The Morgan fingerprint density at radius 1 is 1.32 bits per heavy atom. The molecule has 0 unspecified atom stereocenters. The number of anilines is 2. The summed E-state index contributed by atoms with van der Waals surface area (Å²) in [6.45, 7) is 0.525. The zero-order chi connectivity index (χ0) is 21.1. The van der Waals surface area contributed by atoms with Crippen molar-refractivity contribution in [3.8, 4) is 0 Å². The van der Waals surface area contributed by atoms with Crippen LogP contribution in [0.25, 0.3) is 0 Å². The standard InChI is InChI=1S/C17H21F5N4O2/c1-16(3-4-16)24-11-8-13(26(2)9-14(18)19)10(7-12(11)25-28)15(27)23-6-5-17(20,21)22/h7-8,14,24H,3-6,9H2,1-2H3,(H,23,27). The number of benzene rings is 1. The quantitative estimate of drug-likeness (QED) is 0.468. The van der Waals surface area contributed by atoms with Crippen molar-refractivity contribution in [3.05, 3.63) is 22.6 Å². The summed E-state index contributed by atoms with van der Waals surface area (Å²) < 4.78 is 62.5. The van der Waals surface area contributed by atoms with E-state index in [0.717, 1.165) is 23.8 Å². The summed E-state index contributed by atoms with van der Waals surface area (Å²) in [4.78, 5) is 24.7. The van der Waals surface area contributed by atoms with Gasteiger partial charge in [0.2, 0.25) is 0 Å². The van der Waals surface area contributed by atoms with Gasteiger partial charge in [-0.1, -0.05) is 0 Å². The van der Waals surface area contributed by atoms with Crippen molar-refractivity contribution in [2.24, 2.45) is 5.18 Å². The molecule has 11 heteroatoms. The van der Waals surface area contributed by atoms with Crippen LogP contribution in [0.4, 0.5) is 39.0 Å². The van der Waals surface area contributed by atoms with Crippen LogP contribution in [0.3, 0.4) is 0 Å². The summed E-state index contributed by atoms with van der Waals surface area (Å²) in [7, 11) is 1.32. The van der Waals surface area contributed by atoms with E-state index >= 15 is 0 Å². The molecular formula is C17H21F5N4O2. The number of carbonyl (C=O) groups excluding carboxylic acids is 1. The number of hydrogen-bond donors (Lipinski definition) is 2. The van der Waals surface area contributed by atoms with E-state index in [1.165, 1.54) is 13.1 Å². The van der Waals surface area contributed by atoms with Gasteiger partial charge in [-0.15, -0.1) is 4.91 Å². The summed E-state index contributed by atoms with van der Waals surface area (Å²) in [6.07, 6.45) is -6.71. The van der Waals surface area contributed by atoms with Crippen molar-refractivity contribution in [1.29, 1.82) is 0 Å². The number of halogens is 5. The molecule has 1 fully saturated rings. The number of hydrogen-bond acceptors (Lipinski definition) is 5. The molecule has 1 amide bonds. The largest absolute Gasteiger partial charge is 0.390 e. The number of nitroso groups, excluding NO2 is 1. The molecule has 0 atom stereocenters. The zero-order valence-corrected chi connectivity index (χ0v) is 15.4. The number of nitrogens with zero attached hydrogens (tertiary/aromatic N) is 2. The Kier molecular flexibility index (Phi) is 6.45. The van der Waals surface area contributed by atoms with Gasteiger partial charge in [0, 0.05) is 19.1 Å². The van der Waals surface area contributed by atoms with Gasteiger partial charge < -0.3 is 15.5 Å². The zero-order valence-electron chi connectivity index (χ0n) is 15.4. The van der Waals surface area contributed by atoms with Crippen molar-refractivity contribution < 1.29 is 26.7 Å². The number of rotatable bonds is 9. The average Bonchev–Trinajstić information content (AvgIpc) is 3.29. The molecule has 156 valence electrons. The molecular weight excluding hydrogens is 387 g/mol. The minimum Gasteiger partial charge on any atom is -0.378 e. The van der Waals surface area contributed by atoms with Crippen LogP contribution in [0.2, 0.25) is 0 Å². The number of carbonyl (C=O) groups is 1. The van der Waals surface area contributed by atoms with Gasteiger partial charge in [-0.2, -0.15) is 13.2 Å². The second-order valence-electron chi connectivity index (χ2n) is 7.06. The van der Waals surface area contributed by atoms with Crippen molar-refractivity contribution in [1.82, 2.24) is 5.32 Å². The fraction of sp³-hybridized carbons (Fsp3) is 0.588. The summed E-state index contributed by atoms with van der Waals surface area (Å²) in [6, 6.07) is 2.45. The maximum Gasteiger partial charge on any atom is 0.390 e. The van der Waals surface area contributed by atoms with Gasteiger partial charge in [0.25, 0.3) is 12.3 Å². The van der Waals surface area contributed by atoms with Crippen LogP contribution < -0.4 is 15.5 Å². The van der Waals surface area contributed by atoms with Crippen LogP contribution in [0.1, 0.15) is 36.5 Å². The maximum absolute atomic E-state index is 12.8. The monoisotopic (exact) mass is 408 g/mol. The van der Waals surface area contributed by atoms with Gasteiger partial charge in [0.05, 0.1) is 29.9 Å². The molecule has 28 heavy (non-hydrogen) atoms. The van der Waals surface area contributed by atoms with Gasteiger partial charge in [-0.05, 0) is 37.1 Å². The minimum atomic E-state index is -4.45. The minimum absolute atomic E-state index is 0.0592. The lowest BCUT2D eigenvalue weighted by molar-refractivity contribution is -0.132. The smallest absolute Gasteiger partial charge is 0.378 e. The van der Waals surface area contributed by atoms with Gasteiger partial charge in [-0.25, -0.2) is 8.78 Å². The van der Waals surface area contributed by atoms with Crippen molar-refractivity contribution in [3.63, 3.8) is 0 Å². The molecule has 1 aromatic rings. The molecule has 0 aromatic heterocycles. The third kappa shape index (κ3) is 6.03. The van der Waals surface area contributed by atoms with E-state index in [-0.39, 0.29) is 28.2 Å². The molecule has 1 saturated carbocycles. The van der Waals surface area contributed by atoms with E-state index in [0.29, 0.717) is 0 Å². The van der Waals surface area contributed by atoms with Crippen LogP contribution in [0, 0.1) is 4.91 Å². The van der Waals surface area contributed by atoms with E-state index in [1.54, 1.807) is 0 Å². The lowest BCUT2D eigenvalue weighted by atomic mass is 10.1. The van der Waals surface area contributed by atoms with Gasteiger partial charge in [-0.3, -0.25) is 4.79 Å². The topological polar surface area (TPSA) is 73.8 Å². The first-order valence-corrected chi connectivity index (χ1v) is 8.58. The van der Waals surface area contributed by atoms with Crippen molar-refractivity contribution in [2.45, 2.75) is 44.3 Å². The Morgan fingerprint density at radius 3 is 2.46 bits per heavy atom. The van der Waals surface area contributed by atoms with E-state index in [2.05, 4.69) is 15.8 Å². The predicted molar refractivity (Wildman–Crippen MR) is 95.4 cm³/mol. The van der Waals surface area contributed by atoms with Crippen LogP contribution >= 0.6 is 0 Å². The highest BCUT2D eigenvalue weighted by Crippen LogP contribution is 2.42. The maximum atomic E-state index is 12.8. The van der Waals surface area contributed by atoms with Crippen LogP contribution in [-0.4, -0.2) is 44.2 Å². The lowest BCUT2D eigenvalue weighted by Crippen LogP contribution is -2.31. The first-order valence-electron chi connectivity index (χ1n) is 8.58. The van der Waals surface area contributed by atoms with Crippen molar-refractivity contribution in [2.75, 3.05) is 30.4 Å². The van der Waals surface area contributed by atoms with Crippen molar-refractivity contribution >= 4 is 23.0 Å². The average molecular weight is 408 g/mol. The Hall–Kier alpha value is -2.46. The molecule has 1 aliphatic rings. The Morgan fingerprint density at radius 2 is 1.96 bits per heavy atom. The fourth-order valence-electron chi connectivity index (χ4n) is 2.61. The lowest BCUT2D eigenvalue weighted by Gasteiger charge is -2.24. The molecule has 2 N–H and O–H groups in total. The highest BCUT2D eigenvalue weighted by Gasteiger charge is 2.38. The molecule has 0 bridgehead atoms. The van der Waals surface area contributed by atoms with E-state index in [1.807, 2.05) is 6.92 Å². The molecule has 2 rings (SSSR count). The highest BCUT2D eigenvalue weighted by atomic mass is 19.4. The third-order valence-corrected chi connectivity index (χ3v) is 4.41. The Labute approximate surface area is 158 Å². The molecule has 6 nitrogen and oxygen atoms in total. The van der Waals surface area contributed by atoms with Crippen LogP contribution in [0.15, 0.2) is 17.3 Å². The molecule has 0 radical (unpaired) electrons. The number of alkyl halides is 5. The molecule has 0 spiro atoms. The van der Waals surface area contributed by atoms with Gasteiger partial charge >= 0.3 is 6.18 Å². The summed E-state index contributed by atoms with van der Waals surface area (Å²) in [5.74, 6) is -0.908. The van der Waals surface area contributed by atoms with E-state index < -0.39 is 38.0 Å². The van der Waals surface area contributed by atoms with Gasteiger partial charge in [0.1, 0.15) is 5.69 Å². The van der Waals surface area contributed by atoms with Crippen LogP contribution in [0.5, 0.6) is 0 Å². The fourth-order valence-corrected chi connectivity index (χ4v) is 2.61. The van der Waals surface area contributed by atoms with Crippen LogP contribution in [-0.2, 0) is 0 Å². The summed E-state index contributed by atoms with van der Waals surface area (Å²) in [5, 5.41) is 8.07. The first kappa shape index (κ1) is 21.8. The first-order chi connectivity index (χ1) is 12.9. The highest BCUT2D eigenvalue weighted by molar-refractivity contribution is 6.02. The second-order valence-corrected chi connectivity index (χ2v) is 7.06. The number of amides is 1. The third-order valence-electron chi connectivity index (χ3n) is 4.41. The Balaban J connectivity index is 2.34. The number of nitrogens with one attached hydrogen (secondary N) is 2. The molecule has 1 aliphatic carbocycles. The second kappa shape index (κ2) is 8.27. The SMILES string of the molecule is CN(CC(F)F)c1cc(NC2(C)CC2)c(N=O)cc1C(=O)NCCC(F)(F)F. The molecule has 0 aliphatic heterocycles. The van der Waals surface area contributed by atoms with E-state index in [9.17, 15) is 31.7 Å².